The maximum absolute atomic E-state index is 11.8. The van der Waals surface area contributed by atoms with E-state index < -0.39 is 0 Å². The van der Waals surface area contributed by atoms with Crippen molar-refractivity contribution in [2.75, 3.05) is 27.1 Å². The van der Waals surface area contributed by atoms with Gasteiger partial charge in [-0.05, 0) is 25.5 Å². The molecule has 1 unspecified atom stereocenters. The summed E-state index contributed by atoms with van der Waals surface area (Å²) in [5.74, 6) is 1.89. The van der Waals surface area contributed by atoms with E-state index >= 15 is 0 Å². The summed E-state index contributed by atoms with van der Waals surface area (Å²) in [6, 6.07) is 3.58. The van der Waals surface area contributed by atoms with Crippen molar-refractivity contribution in [2.24, 2.45) is 0 Å². The van der Waals surface area contributed by atoms with Crippen LogP contribution in [0.4, 0.5) is 0 Å². The number of nitrogens with one attached hydrogen (secondary N) is 1. The number of ether oxygens (including phenoxy) is 3. The SMILES string of the molecule is CCC(C)NC(=O)CSc1nnc(-c2cc(OC)c(OC)c(OC)c2)o1. The van der Waals surface area contributed by atoms with Crippen LogP contribution in [0.5, 0.6) is 17.2 Å². The van der Waals surface area contributed by atoms with Crippen LogP contribution in [0.1, 0.15) is 20.3 Å². The molecule has 2 aromatic rings. The van der Waals surface area contributed by atoms with Crippen molar-refractivity contribution < 1.29 is 23.4 Å². The number of carbonyl (C=O) groups excluding carboxylic acids is 1. The topological polar surface area (TPSA) is 95.7 Å². The first-order chi connectivity index (χ1) is 12.5. The van der Waals surface area contributed by atoms with E-state index in [4.69, 9.17) is 18.6 Å². The van der Waals surface area contributed by atoms with Gasteiger partial charge in [0.15, 0.2) is 11.5 Å². The first-order valence-corrected chi connectivity index (χ1v) is 9.06. The number of benzene rings is 1. The third-order valence-corrected chi connectivity index (χ3v) is 4.48. The van der Waals surface area contributed by atoms with Crippen LogP contribution >= 0.6 is 11.8 Å². The number of hydrogen-bond donors (Lipinski definition) is 1. The van der Waals surface area contributed by atoms with E-state index in [0.717, 1.165) is 6.42 Å². The molecule has 142 valence electrons. The van der Waals surface area contributed by atoms with Crippen LogP contribution in [0.15, 0.2) is 21.8 Å². The predicted octanol–water partition coefficient (Wildman–Crippen LogP) is 2.77. The summed E-state index contributed by atoms with van der Waals surface area (Å²) in [5, 5.41) is 11.2. The Balaban J connectivity index is 2.13. The second-order valence-corrected chi connectivity index (χ2v) is 6.38. The molecule has 9 heteroatoms. The van der Waals surface area contributed by atoms with E-state index in [2.05, 4.69) is 15.5 Å². The minimum atomic E-state index is -0.0723. The van der Waals surface area contributed by atoms with E-state index in [-0.39, 0.29) is 17.7 Å². The molecule has 8 nitrogen and oxygen atoms in total. The van der Waals surface area contributed by atoms with Gasteiger partial charge >= 0.3 is 0 Å². The monoisotopic (exact) mass is 381 g/mol. The molecule has 0 aliphatic carbocycles. The molecule has 1 heterocycles. The van der Waals surface area contributed by atoms with E-state index in [0.29, 0.717) is 33.9 Å². The predicted molar refractivity (Wildman–Crippen MR) is 98.0 cm³/mol. The third-order valence-electron chi connectivity index (χ3n) is 3.66. The Bertz CT molecular complexity index is 725. The second kappa shape index (κ2) is 9.33. The summed E-state index contributed by atoms with van der Waals surface area (Å²) in [6.07, 6.45) is 0.877. The van der Waals surface area contributed by atoms with Crippen molar-refractivity contribution in [1.29, 1.82) is 0 Å². The van der Waals surface area contributed by atoms with Crippen LogP contribution in [0.25, 0.3) is 11.5 Å². The Hall–Kier alpha value is -2.42. The van der Waals surface area contributed by atoms with Crippen LogP contribution in [0.2, 0.25) is 0 Å². The highest BCUT2D eigenvalue weighted by Gasteiger charge is 2.18. The van der Waals surface area contributed by atoms with E-state index in [1.807, 2.05) is 13.8 Å². The highest BCUT2D eigenvalue weighted by molar-refractivity contribution is 7.99. The molecule has 0 spiro atoms. The average Bonchev–Trinajstić information content (AvgIpc) is 3.13. The van der Waals surface area contributed by atoms with Gasteiger partial charge in [-0.15, -0.1) is 10.2 Å². The highest BCUT2D eigenvalue weighted by atomic mass is 32.2. The fourth-order valence-electron chi connectivity index (χ4n) is 2.14. The van der Waals surface area contributed by atoms with Crippen LogP contribution < -0.4 is 19.5 Å². The van der Waals surface area contributed by atoms with Crippen molar-refractivity contribution in [3.05, 3.63) is 12.1 Å². The van der Waals surface area contributed by atoms with Crippen molar-refractivity contribution in [1.82, 2.24) is 15.5 Å². The standard InChI is InChI=1S/C17H23N3O5S/c1-6-10(2)18-14(21)9-26-17-20-19-16(25-17)11-7-12(22-3)15(24-5)13(8-11)23-4/h7-8,10H,6,9H2,1-5H3,(H,18,21). The number of nitrogens with zero attached hydrogens (tertiary/aromatic N) is 2. The molecule has 1 atom stereocenters. The molecule has 0 bridgehead atoms. The van der Waals surface area contributed by atoms with Gasteiger partial charge in [0, 0.05) is 11.6 Å². The number of thioether (sulfide) groups is 1. The van der Waals surface area contributed by atoms with Gasteiger partial charge in [-0.1, -0.05) is 18.7 Å². The fraction of sp³-hybridized carbons (Fsp3) is 0.471. The van der Waals surface area contributed by atoms with E-state index in [9.17, 15) is 4.79 Å². The average molecular weight is 381 g/mol. The van der Waals surface area contributed by atoms with Gasteiger partial charge in [-0.3, -0.25) is 4.79 Å². The molecular weight excluding hydrogens is 358 g/mol. The maximum atomic E-state index is 11.8. The molecule has 1 aromatic heterocycles. The largest absolute Gasteiger partial charge is 0.493 e. The number of aromatic nitrogens is 2. The van der Waals surface area contributed by atoms with E-state index in [1.165, 1.54) is 33.1 Å². The Kier molecular flexibility index (Phi) is 7.14. The zero-order valence-corrected chi connectivity index (χ0v) is 16.3. The Labute approximate surface area is 156 Å². The lowest BCUT2D eigenvalue weighted by atomic mass is 10.2. The smallest absolute Gasteiger partial charge is 0.277 e. The first-order valence-electron chi connectivity index (χ1n) is 8.08. The van der Waals surface area contributed by atoms with E-state index in [1.54, 1.807) is 12.1 Å². The zero-order valence-electron chi connectivity index (χ0n) is 15.5. The van der Waals surface area contributed by atoms with Crippen molar-refractivity contribution in [3.8, 4) is 28.7 Å². The number of methoxy groups -OCH3 is 3. The minimum Gasteiger partial charge on any atom is -0.493 e. The number of hydrogen-bond acceptors (Lipinski definition) is 8. The second-order valence-electron chi connectivity index (χ2n) is 5.45. The third kappa shape index (κ3) is 4.81. The van der Waals surface area contributed by atoms with Crippen LogP contribution in [-0.2, 0) is 4.79 Å². The van der Waals surface area contributed by atoms with Crippen LogP contribution in [0, 0.1) is 0 Å². The summed E-state index contributed by atoms with van der Waals surface area (Å²) in [4.78, 5) is 11.8. The van der Waals surface area contributed by atoms with Gasteiger partial charge in [-0.2, -0.15) is 0 Å². The van der Waals surface area contributed by atoms with Gasteiger partial charge in [0.25, 0.3) is 5.22 Å². The lowest BCUT2D eigenvalue weighted by Gasteiger charge is -2.12. The summed E-state index contributed by atoms with van der Waals surface area (Å²) in [7, 11) is 4.60. The molecule has 0 aliphatic rings. The highest BCUT2D eigenvalue weighted by Crippen LogP contribution is 2.41. The molecule has 0 radical (unpaired) electrons. The Morgan fingerprint density at radius 2 is 1.85 bits per heavy atom. The molecule has 1 N–H and O–H groups in total. The molecule has 2 rings (SSSR count). The van der Waals surface area contributed by atoms with Crippen LogP contribution in [0.3, 0.4) is 0 Å². The summed E-state index contributed by atoms with van der Waals surface area (Å²) < 4.78 is 21.6. The molecule has 0 saturated heterocycles. The van der Waals surface area contributed by atoms with Gasteiger partial charge < -0.3 is 23.9 Å². The lowest BCUT2D eigenvalue weighted by molar-refractivity contribution is -0.119. The molecule has 0 fully saturated rings. The molecule has 0 saturated carbocycles. The number of carbonyl (C=O) groups is 1. The molecule has 1 aromatic carbocycles. The molecule has 26 heavy (non-hydrogen) atoms. The Morgan fingerprint density at radius 1 is 1.19 bits per heavy atom. The molecule has 0 aliphatic heterocycles. The van der Waals surface area contributed by atoms with Gasteiger partial charge in [0.1, 0.15) is 0 Å². The van der Waals surface area contributed by atoms with Gasteiger partial charge in [0.05, 0.1) is 27.1 Å². The molecular formula is C17H23N3O5S. The number of amides is 1. The Morgan fingerprint density at radius 3 is 2.38 bits per heavy atom. The van der Waals surface area contributed by atoms with Gasteiger partial charge in [-0.25, -0.2) is 0 Å². The van der Waals surface area contributed by atoms with Crippen LogP contribution in [-0.4, -0.2) is 49.2 Å². The van der Waals surface area contributed by atoms with Crippen molar-refractivity contribution in [2.45, 2.75) is 31.5 Å². The summed E-state index contributed by atoms with van der Waals surface area (Å²) in [6.45, 7) is 3.97. The lowest BCUT2D eigenvalue weighted by Crippen LogP contribution is -2.33. The number of rotatable bonds is 9. The van der Waals surface area contributed by atoms with Crippen molar-refractivity contribution >= 4 is 17.7 Å². The quantitative estimate of drug-likeness (QED) is 0.663. The summed E-state index contributed by atoms with van der Waals surface area (Å²) in [5.41, 5.74) is 0.628. The van der Waals surface area contributed by atoms with Crippen molar-refractivity contribution in [3.63, 3.8) is 0 Å². The molecule has 1 amide bonds. The first kappa shape index (κ1) is 19.9. The van der Waals surface area contributed by atoms with Gasteiger partial charge in [0.2, 0.25) is 17.5 Å². The summed E-state index contributed by atoms with van der Waals surface area (Å²) >= 11 is 1.18. The zero-order chi connectivity index (χ0) is 19.1. The normalized spacial score (nSPS) is 11.7. The fourth-order valence-corrected chi connectivity index (χ4v) is 2.71. The minimum absolute atomic E-state index is 0.0723. The maximum Gasteiger partial charge on any atom is 0.277 e.